The van der Waals surface area contributed by atoms with Crippen molar-refractivity contribution >= 4 is 11.5 Å². The third-order valence-corrected chi connectivity index (χ3v) is 2.95. The topological polar surface area (TPSA) is 96.0 Å². The summed E-state index contributed by atoms with van der Waals surface area (Å²) in [4.78, 5) is 6.10. The number of aromatic nitrogens is 2. The predicted octanol–water partition coefficient (Wildman–Crippen LogP) is 1.51. The van der Waals surface area contributed by atoms with Crippen molar-refractivity contribution in [2.75, 3.05) is 27.2 Å². The van der Waals surface area contributed by atoms with E-state index in [1.807, 2.05) is 24.5 Å². The number of ether oxygens (including phenoxy) is 1. The number of amidine groups is 1. The van der Waals surface area contributed by atoms with Crippen molar-refractivity contribution in [3.63, 3.8) is 0 Å². The van der Waals surface area contributed by atoms with Crippen molar-refractivity contribution in [3.05, 3.63) is 35.3 Å². The van der Waals surface area contributed by atoms with Crippen LogP contribution < -0.4 is 10.2 Å². The van der Waals surface area contributed by atoms with Crippen molar-refractivity contribution < 1.29 is 19.0 Å². The van der Waals surface area contributed by atoms with E-state index in [4.69, 9.17) is 4.74 Å². The van der Waals surface area contributed by atoms with E-state index in [-0.39, 0.29) is 23.2 Å². The lowest BCUT2D eigenvalue weighted by molar-refractivity contribution is 0.229. The molecule has 124 valence electrons. The monoisotopic (exact) mass is 323 g/mol. The molecule has 0 radical (unpaired) electrons. The van der Waals surface area contributed by atoms with Crippen LogP contribution in [0.25, 0.3) is 0 Å². The number of rotatable bonds is 6. The molecule has 0 saturated carbocycles. The van der Waals surface area contributed by atoms with Gasteiger partial charge in [-0.15, -0.1) is 0 Å². The van der Waals surface area contributed by atoms with Gasteiger partial charge in [-0.1, -0.05) is 0 Å². The van der Waals surface area contributed by atoms with E-state index >= 15 is 0 Å². The van der Waals surface area contributed by atoms with Gasteiger partial charge >= 0.3 is 0 Å². The highest BCUT2D eigenvalue weighted by atomic mass is 19.1. The minimum atomic E-state index is -0.335. The fourth-order valence-corrected chi connectivity index (χ4v) is 1.70. The molecule has 0 aliphatic heterocycles. The second-order valence-electron chi connectivity index (χ2n) is 5.08. The molecule has 0 aliphatic carbocycles. The van der Waals surface area contributed by atoms with Crippen molar-refractivity contribution in [3.8, 4) is 5.88 Å². The Morgan fingerprint density at radius 1 is 1.43 bits per heavy atom. The molecule has 2 aromatic rings. The summed E-state index contributed by atoms with van der Waals surface area (Å²) in [6, 6.07) is 4.30. The lowest BCUT2D eigenvalue weighted by Gasteiger charge is -2.09. The molecule has 1 heterocycles. The molecule has 23 heavy (non-hydrogen) atoms. The van der Waals surface area contributed by atoms with Gasteiger partial charge in [0.15, 0.2) is 5.84 Å². The van der Waals surface area contributed by atoms with E-state index in [9.17, 15) is 9.60 Å². The first-order valence-electron chi connectivity index (χ1n) is 6.86. The number of likely N-dealkylation sites (N-methyl/N-ethyl adjacent to an activating group) is 1. The first-order valence-corrected chi connectivity index (χ1v) is 6.86. The van der Waals surface area contributed by atoms with Gasteiger partial charge in [0.25, 0.3) is 5.88 Å². The maximum atomic E-state index is 13.3. The maximum Gasteiger partial charge on any atom is 0.287 e. The van der Waals surface area contributed by atoms with E-state index in [2.05, 4.69) is 19.9 Å². The fraction of sp³-hybridized carbons (Fsp3) is 0.357. The van der Waals surface area contributed by atoms with Gasteiger partial charge < -0.3 is 9.64 Å². The Labute approximate surface area is 132 Å². The van der Waals surface area contributed by atoms with Gasteiger partial charge in [-0.05, 0) is 55.1 Å². The molecule has 1 aromatic heterocycles. The Balaban J connectivity index is 2.22. The summed E-state index contributed by atoms with van der Waals surface area (Å²) in [5.74, 6) is -0.249. The van der Waals surface area contributed by atoms with Gasteiger partial charge in [0, 0.05) is 6.54 Å². The maximum absolute atomic E-state index is 13.3. The van der Waals surface area contributed by atoms with Crippen LogP contribution in [0.2, 0.25) is 0 Å². The number of hydroxylamine groups is 1. The Morgan fingerprint density at radius 2 is 2.22 bits per heavy atom. The average molecular weight is 323 g/mol. The van der Waals surface area contributed by atoms with Gasteiger partial charge in [0.1, 0.15) is 12.4 Å². The van der Waals surface area contributed by atoms with Gasteiger partial charge in [-0.2, -0.15) is 0 Å². The van der Waals surface area contributed by atoms with Crippen molar-refractivity contribution in [1.82, 2.24) is 20.7 Å². The van der Waals surface area contributed by atoms with Gasteiger partial charge in [0.05, 0.1) is 5.69 Å². The van der Waals surface area contributed by atoms with Crippen LogP contribution in [0, 0.1) is 12.7 Å². The summed E-state index contributed by atoms with van der Waals surface area (Å²) >= 11 is 0. The molecule has 2 rings (SSSR count). The summed E-state index contributed by atoms with van der Waals surface area (Å²) < 4.78 is 23.4. The number of aliphatic imine (C=N–C) groups is 1. The molecule has 0 spiro atoms. The highest BCUT2D eigenvalue weighted by molar-refractivity contribution is 5.99. The van der Waals surface area contributed by atoms with Crippen molar-refractivity contribution in [2.45, 2.75) is 6.92 Å². The molecule has 1 aromatic carbocycles. The molecular weight excluding hydrogens is 305 g/mol. The highest BCUT2D eigenvalue weighted by Gasteiger charge is 2.18. The number of nitrogens with zero attached hydrogens (tertiary/aromatic N) is 4. The lowest BCUT2D eigenvalue weighted by Crippen LogP contribution is -2.23. The van der Waals surface area contributed by atoms with E-state index in [1.54, 1.807) is 6.92 Å². The molecule has 8 nitrogen and oxygen atoms in total. The number of aryl methyl sites for hydroxylation is 1. The van der Waals surface area contributed by atoms with E-state index in [0.29, 0.717) is 24.4 Å². The van der Waals surface area contributed by atoms with Gasteiger partial charge in [-0.3, -0.25) is 10.7 Å². The third kappa shape index (κ3) is 4.47. The van der Waals surface area contributed by atoms with Crippen LogP contribution in [-0.4, -0.2) is 53.5 Å². The van der Waals surface area contributed by atoms with Gasteiger partial charge in [0.2, 0.25) is 5.69 Å². The second kappa shape index (κ2) is 7.65. The molecule has 0 aliphatic rings. The number of halogens is 1. The van der Waals surface area contributed by atoms with Crippen LogP contribution >= 0.6 is 0 Å². The summed E-state index contributed by atoms with van der Waals surface area (Å²) in [6.45, 7) is 2.65. The van der Waals surface area contributed by atoms with Crippen LogP contribution in [0.3, 0.4) is 0 Å². The molecule has 0 saturated heterocycles. The molecule has 0 amide bonds. The van der Waals surface area contributed by atoms with Crippen LogP contribution in [-0.2, 0) is 0 Å². The minimum absolute atomic E-state index is 0.0166. The predicted molar refractivity (Wildman–Crippen MR) is 80.6 cm³/mol. The van der Waals surface area contributed by atoms with Crippen LogP contribution in [0.1, 0.15) is 11.3 Å². The largest absolute Gasteiger partial charge is 0.472 e. The van der Waals surface area contributed by atoms with E-state index < -0.39 is 0 Å². The summed E-state index contributed by atoms with van der Waals surface area (Å²) in [6.07, 6.45) is 0. The highest BCUT2D eigenvalue weighted by Crippen LogP contribution is 2.19. The summed E-state index contributed by atoms with van der Waals surface area (Å²) in [5, 5.41) is 16.6. The number of hydrogen-bond donors (Lipinski definition) is 2. The van der Waals surface area contributed by atoms with Gasteiger partial charge in [-0.25, -0.2) is 14.0 Å². The third-order valence-electron chi connectivity index (χ3n) is 2.95. The van der Waals surface area contributed by atoms with E-state index in [1.165, 1.54) is 18.2 Å². The quantitative estimate of drug-likeness (QED) is 0.472. The zero-order valence-electron chi connectivity index (χ0n) is 13.1. The van der Waals surface area contributed by atoms with Crippen molar-refractivity contribution in [1.29, 1.82) is 0 Å². The normalized spacial score (nSPS) is 11.8. The van der Waals surface area contributed by atoms with Crippen LogP contribution in [0.4, 0.5) is 10.1 Å². The number of benzene rings is 1. The average Bonchev–Trinajstić information content (AvgIpc) is 2.96. The Kier molecular flexibility index (Phi) is 5.61. The summed E-state index contributed by atoms with van der Waals surface area (Å²) in [7, 11) is 3.81. The first kappa shape index (κ1) is 16.8. The molecule has 0 bridgehead atoms. The number of hydrogen-bond acceptors (Lipinski definition) is 7. The Morgan fingerprint density at radius 3 is 2.87 bits per heavy atom. The molecule has 0 unspecified atom stereocenters. The second-order valence-corrected chi connectivity index (χ2v) is 5.08. The molecular formula is C14H18FN5O3. The minimum Gasteiger partial charge on any atom is -0.472 e. The zero-order chi connectivity index (χ0) is 16.8. The standard InChI is InChI=1S/C14H18FN5O3/c1-9-8-10(4-5-11(9)15)16-13(17-21)12-14(19-23-18-12)22-7-6-20(2)3/h4-5,8,21H,6-7H2,1-3H3,(H,16,17). The van der Waals surface area contributed by atoms with Crippen LogP contribution in [0.5, 0.6) is 5.88 Å². The zero-order valence-corrected chi connectivity index (χ0v) is 13.1. The van der Waals surface area contributed by atoms with Crippen LogP contribution in [0.15, 0.2) is 27.8 Å². The Bertz CT molecular complexity index is 687. The van der Waals surface area contributed by atoms with E-state index in [0.717, 1.165) is 0 Å². The fourth-order valence-electron chi connectivity index (χ4n) is 1.70. The van der Waals surface area contributed by atoms with Crippen molar-refractivity contribution in [2.24, 2.45) is 4.99 Å². The number of nitrogens with one attached hydrogen (secondary N) is 1. The SMILES string of the molecule is Cc1cc(N=C(NO)c2nonc2OCCN(C)C)ccc1F. The Hall–Kier alpha value is -2.52. The molecule has 0 atom stereocenters. The molecule has 9 heteroatoms. The first-order chi connectivity index (χ1) is 11.0. The summed E-state index contributed by atoms with van der Waals surface area (Å²) in [5.41, 5.74) is 2.92. The molecule has 0 fully saturated rings. The molecule has 2 N–H and O–H groups in total. The lowest BCUT2D eigenvalue weighted by atomic mass is 10.2. The smallest absolute Gasteiger partial charge is 0.287 e.